The second kappa shape index (κ2) is 3.95. The van der Waals surface area contributed by atoms with Crippen LogP contribution >= 0.6 is 0 Å². The number of fused-ring (bicyclic) bond motifs is 1. The molecule has 90 valence electrons. The molecule has 1 aromatic heterocycles. The maximum atomic E-state index is 13.2. The summed E-state index contributed by atoms with van der Waals surface area (Å²) in [6.07, 6.45) is 0. The van der Waals surface area contributed by atoms with Crippen molar-refractivity contribution in [3.05, 3.63) is 53.3 Å². The van der Waals surface area contributed by atoms with Crippen LogP contribution in [-0.4, -0.2) is 4.98 Å². The van der Waals surface area contributed by atoms with E-state index in [2.05, 4.69) is 4.98 Å². The second-order valence-corrected chi connectivity index (χ2v) is 4.43. The standard InChI is InChI=1S/C15H12FNO/c1-9-6-13-14(7-10(9)2)18-15(17-13)11-4-3-5-12(16)8-11/h3-8H,1-2H3. The Labute approximate surface area is 104 Å². The molecule has 0 aliphatic carbocycles. The van der Waals surface area contributed by atoms with Gasteiger partial charge in [0.25, 0.3) is 0 Å². The van der Waals surface area contributed by atoms with E-state index >= 15 is 0 Å². The summed E-state index contributed by atoms with van der Waals surface area (Å²) in [6, 6.07) is 10.2. The van der Waals surface area contributed by atoms with Gasteiger partial charge in [0.05, 0.1) is 0 Å². The zero-order valence-corrected chi connectivity index (χ0v) is 10.2. The van der Waals surface area contributed by atoms with E-state index in [1.54, 1.807) is 12.1 Å². The van der Waals surface area contributed by atoms with Gasteiger partial charge in [-0.05, 0) is 55.3 Å². The van der Waals surface area contributed by atoms with Crippen molar-refractivity contribution in [1.29, 1.82) is 0 Å². The molecule has 0 aliphatic rings. The molecule has 0 saturated carbocycles. The number of hydrogen-bond donors (Lipinski definition) is 0. The number of hydrogen-bond acceptors (Lipinski definition) is 2. The zero-order valence-electron chi connectivity index (χ0n) is 10.2. The molecule has 0 atom stereocenters. The highest BCUT2D eigenvalue weighted by Gasteiger charge is 2.09. The van der Waals surface area contributed by atoms with Gasteiger partial charge >= 0.3 is 0 Å². The van der Waals surface area contributed by atoms with Crippen LogP contribution < -0.4 is 0 Å². The van der Waals surface area contributed by atoms with Crippen LogP contribution in [0.3, 0.4) is 0 Å². The minimum atomic E-state index is -0.290. The topological polar surface area (TPSA) is 26.0 Å². The van der Waals surface area contributed by atoms with E-state index < -0.39 is 0 Å². The van der Waals surface area contributed by atoms with Crippen LogP contribution in [0.2, 0.25) is 0 Å². The first kappa shape index (κ1) is 11.0. The lowest BCUT2D eigenvalue weighted by atomic mass is 10.1. The molecule has 0 unspecified atom stereocenters. The molecular weight excluding hydrogens is 229 g/mol. The summed E-state index contributed by atoms with van der Waals surface area (Å²) in [7, 11) is 0. The third-order valence-corrected chi connectivity index (χ3v) is 3.08. The molecule has 18 heavy (non-hydrogen) atoms. The zero-order chi connectivity index (χ0) is 12.7. The van der Waals surface area contributed by atoms with Crippen molar-refractivity contribution in [2.75, 3.05) is 0 Å². The maximum absolute atomic E-state index is 13.2. The Morgan fingerprint density at radius 2 is 1.83 bits per heavy atom. The summed E-state index contributed by atoms with van der Waals surface area (Å²) < 4.78 is 18.8. The minimum Gasteiger partial charge on any atom is -0.436 e. The molecule has 0 aliphatic heterocycles. The summed E-state index contributed by atoms with van der Waals surface area (Å²) in [4.78, 5) is 4.39. The predicted molar refractivity (Wildman–Crippen MR) is 68.9 cm³/mol. The van der Waals surface area contributed by atoms with Crippen LogP contribution in [0.4, 0.5) is 4.39 Å². The average molecular weight is 241 g/mol. The average Bonchev–Trinajstić information content (AvgIpc) is 2.73. The molecule has 0 fully saturated rings. The van der Waals surface area contributed by atoms with Gasteiger partial charge in [-0.1, -0.05) is 6.07 Å². The van der Waals surface area contributed by atoms with Crippen molar-refractivity contribution < 1.29 is 8.81 Å². The number of benzene rings is 2. The number of nitrogens with zero attached hydrogens (tertiary/aromatic N) is 1. The molecule has 1 heterocycles. The van der Waals surface area contributed by atoms with Gasteiger partial charge in [-0.3, -0.25) is 0 Å². The maximum Gasteiger partial charge on any atom is 0.227 e. The van der Waals surface area contributed by atoms with Crippen molar-refractivity contribution in [2.24, 2.45) is 0 Å². The van der Waals surface area contributed by atoms with E-state index in [0.717, 1.165) is 16.7 Å². The van der Waals surface area contributed by atoms with Crippen LogP contribution in [-0.2, 0) is 0 Å². The van der Waals surface area contributed by atoms with Gasteiger partial charge < -0.3 is 4.42 Å². The van der Waals surface area contributed by atoms with Crippen molar-refractivity contribution in [1.82, 2.24) is 4.98 Å². The fraction of sp³-hybridized carbons (Fsp3) is 0.133. The van der Waals surface area contributed by atoms with Crippen molar-refractivity contribution in [3.63, 3.8) is 0 Å². The molecule has 0 saturated heterocycles. The highest BCUT2D eigenvalue weighted by Crippen LogP contribution is 2.26. The van der Waals surface area contributed by atoms with E-state index in [9.17, 15) is 4.39 Å². The van der Waals surface area contributed by atoms with Crippen molar-refractivity contribution in [3.8, 4) is 11.5 Å². The number of oxazole rings is 1. The predicted octanol–water partition coefficient (Wildman–Crippen LogP) is 4.25. The van der Waals surface area contributed by atoms with Gasteiger partial charge in [0.15, 0.2) is 5.58 Å². The van der Waals surface area contributed by atoms with Gasteiger partial charge in [0.2, 0.25) is 5.89 Å². The van der Waals surface area contributed by atoms with E-state index in [-0.39, 0.29) is 5.82 Å². The lowest BCUT2D eigenvalue weighted by molar-refractivity contribution is 0.611. The molecule has 3 aromatic rings. The lowest BCUT2D eigenvalue weighted by Crippen LogP contribution is -1.80. The highest BCUT2D eigenvalue weighted by atomic mass is 19.1. The molecule has 3 rings (SSSR count). The van der Waals surface area contributed by atoms with Gasteiger partial charge in [-0.25, -0.2) is 9.37 Å². The van der Waals surface area contributed by atoms with E-state index in [1.165, 1.54) is 17.7 Å². The SMILES string of the molecule is Cc1cc2nc(-c3cccc(F)c3)oc2cc1C. The van der Waals surface area contributed by atoms with E-state index in [4.69, 9.17) is 4.42 Å². The van der Waals surface area contributed by atoms with Gasteiger partial charge in [0, 0.05) is 5.56 Å². The Bertz CT molecular complexity index is 691. The Hall–Kier alpha value is -2.16. The second-order valence-electron chi connectivity index (χ2n) is 4.43. The van der Waals surface area contributed by atoms with Crippen LogP contribution in [0, 0.1) is 19.7 Å². The molecule has 0 N–H and O–H groups in total. The van der Waals surface area contributed by atoms with Gasteiger partial charge in [-0.15, -0.1) is 0 Å². The molecule has 0 radical (unpaired) electrons. The van der Waals surface area contributed by atoms with Crippen molar-refractivity contribution >= 4 is 11.1 Å². The first-order valence-corrected chi connectivity index (χ1v) is 5.77. The molecule has 0 spiro atoms. The molecule has 0 amide bonds. The third kappa shape index (κ3) is 1.78. The van der Waals surface area contributed by atoms with Crippen LogP contribution in [0.5, 0.6) is 0 Å². The molecule has 2 nitrogen and oxygen atoms in total. The number of rotatable bonds is 1. The van der Waals surface area contributed by atoms with Crippen LogP contribution in [0.15, 0.2) is 40.8 Å². The molecule has 2 aromatic carbocycles. The van der Waals surface area contributed by atoms with Crippen LogP contribution in [0.25, 0.3) is 22.6 Å². The smallest absolute Gasteiger partial charge is 0.227 e. The molecule has 0 bridgehead atoms. The highest BCUT2D eigenvalue weighted by molar-refractivity contribution is 5.77. The quantitative estimate of drug-likeness (QED) is 0.636. The Balaban J connectivity index is 2.19. The summed E-state index contributed by atoms with van der Waals surface area (Å²) in [5.74, 6) is 0.164. The number of aromatic nitrogens is 1. The Morgan fingerprint density at radius 3 is 2.61 bits per heavy atom. The van der Waals surface area contributed by atoms with E-state index in [1.807, 2.05) is 26.0 Å². The van der Waals surface area contributed by atoms with Crippen molar-refractivity contribution in [2.45, 2.75) is 13.8 Å². The fourth-order valence-electron chi connectivity index (χ4n) is 1.92. The summed E-state index contributed by atoms with van der Waals surface area (Å²) >= 11 is 0. The van der Waals surface area contributed by atoms with Gasteiger partial charge in [-0.2, -0.15) is 0 Å². The Morgan fingerprint density at radius 1 is 1.06 bits per heavy atom. The van der Waals surface area contributed by atoms with Gasteiger partial charge in [0.1, 0.15) is 11.3 Å². The monoisotopic (exact) mass is 241 g/mol. The third-order valence-electron chi connectivity index (χ3n) is 3.08. The minimum absolute atomic E-state index is 0.290. The molecular formula is C15H12FNO. The molecule has 3 heteroatoms. The van der Waals surface area contributed by atoms with E-state index in [0.29, 0.717) is 11.5 Å². The van der Waals surface area contributed by atoms with Crippen LogP contribution in [0.1, 0.15) is 11.1 Å². The number of aryl methyl sites for hydroxylation is 2. The first-order valence-electron chi connectivity index (χ1n) is 5.77. The largest absolute Gasteiger partial charge is 0.436 e. The number of halogens is 1. The fourth-order valence-corrected chi connectivity index (χ4v) is 1.92. The summed E-state index contributed by atoms with van der Waals surface area (Å²) in [6.45, 7) is 4.06. The Kier molecular flexibility index (Phi) is 2.40. The summed E-state index contributed by atoms with van der Waals surface area (Å²) in [5.41, 5.74) is 4.52. The lowest BCUT2D eigenvalue weighted by Gasteiger charge is -1.96. The summed E-state index contributed by atoms with van der Waals surface area (Å²) in [5, 5.41) is 0. The first-order chi connectivity index (χ1) is 8.63. The normalized spacial score (nSPS) is 11.1.